The van der Waals surface area contributed by atoms with E-state index in [1.807, 2.05) is 0 Å². The first kappa shape index (κ1) is 16.0. The van der Waals surface area contributed by atoms with Crippen LogP contribution in [0.3, 0.4) is 0 Å². The Bertz CT molecular complexity index is 388. The Labute approximate surface area is 120 Å². The molecule has 19 heavy (non-hydrogen) atoms. The second-order valence-corrected chi connectivity index (χ2v) is 6.03. The van der Waals surface area contributed by atoms with Crippen LogP contribution in [-0.2, 0) is 6.54 Å². The number of aryl methyl sites for hydroxylation is 2. The Kier molecular flexibility index (Phi) is 6.84. The van der Waals surface area contributed by atoms with Crippen LogP contribution in [0.15, 0.2) is 4.99 Å². The quantitative estimate of drug-likeness (QED) is 0.623. The SMILES string of the molecule is CCC(CC)CNC(=NC)NCc1nc(C)c(C)s1. The summed E-state index contributed by atoms with van der Waals surface area (Å²) < 4.78 is 0. The van der Waals surface area contributed by atoms with E-state index in [1.54, 1.807) is 18.4 Å². The van der Waals surface area contributed by atoms with Crippen LogP contribution in [0.25, 0.3) is 0 Å². The average Bonchev–Trinajstić information content (AvgIpc) is 2.73. The van der Waals surface area contributed by atoms with E-state index in [0.717, 1.165) is 29.8 Å². The molecule has 0 unspecified atom stereocenters. The second-order valence-electron chi connectivity index (χ2n) is 4.74. The zero-order valence-corrected chi connectivity index (χ0v) is 13.5. The highest BCUT2D eigenvalue weighted by atomic mass is 32.1. The van der Waals surface area contributed by atoms with Gasteiger partial charge in [0.1, 0.15) is 5.01 Å². The first-order valence-corrected chi connectivity index (χ1v) is 7.79. The maximum atomic E-state index is 4.52. The van der Waals surface area contributed by atoms with Gasteiger partial charge in [0.05, 0.1) is 12.2 Å². The maximum absolute atomic E-state index is 4.52. The fourth-order valence-electron chi connectivity index (χ4n) is 1.81. The first-order valence-electron chi connectivity index (χ1n) is 6.98. The molecule has 1 aromatic heterocycles. The molecule has 0 saturated carbocycles. The van der Waals surface area contributed by atoms with Crippen molar-refractivity contribution in [3.8, 4) is 0 Å². The molecular weight excluding hydrogens is 256 g/mol. The number of rotatable bonds is 6. The topological polar surface area (TPSA) is 49.3 Å². The summed E-state index contributed by atoms with van der Waals surface area (Å²) in [6.07, 6.45) is 2.40. The lowest BCUT2D eigenvalue weighted by atomic mass is 10.0. The van der Waals surface area contributed by atoms with E-state index < -0.39 is 0 Å². The number of hydrogen-bond donors (Lipinski definition) is 2. The van der Waals surface area contributed by atoms with Crippen molar-refractivity contribution in [1.29, 1.82) is 0 Å². The molecule has 0 aliphatic rings. The minimum absolute atomic E-state index is 0.711. The fraction of sp³-hybridized carbons (Fsp3) is 0.714. The van der Waals surface area contributed by atoms with Crippen LogP contribution in [0.1, 0.15) is 42.3 Å². The number of nitrogens with zero attached hydrogens (tertiary/aromatic N) is 2. The number of guanidine groups is 1. The summed E-state index contributed by atoms with van der Waals surface area (Å²) in [6, 6.07) is 0. The fourth-order valence-corrected chi connectivity index (χ4v) is 2.69. The molecule has 4 nitrogen and oxygen atoms in total. The molecule has 0 atom stereocenters. The monoisotopic (exact) mass is 282 g/mol. The maximum Gasteiger partial charge on any atom is 0.191 e. The molecule has 108 valence electrons. The Morgan fingerprint density at radius 2 is 1.95 bits per heavy atom. The standard InChI is InChI=1S/C14H26N4S/c1-6-12(7-2)8-16-14(15-5)17-9-13-18-10(3)11(4)19-13/h12H,6-9H2,1-5H3,(H2,15,16,17). The number of aromatic nitrogens is 1. The summed E-state index contributed by atoms with van der Waals surface area (Å²) in [5.74, 6) is 1.57. The lowest BCUT2D eigenvalue weighted by molar-refractivity contribution is 0.481. The van der Waals surface area contributed by atoms with Crippen molar-refractivity contribution >= 4 is 17.3 Å². The number of hydrogen-bond acceptors (Lipinski definition) is 3. The van der Waals surface area contributed by atoms with Crippen LogP contribution in [-0.4, -0.2) is 24.5 Å². The number of nitrogens with one attached hydrogen (secondary N) is 2. The van der Waals surface area contributed by atoms with Gasteiger partial charge in [0, 0.05) is 18.5 Å². The van der Waals surface area contributed by atoms with E-state index in [1.165, 1.54) is 17.7 Å². The van der Waals surface area contributed by atoms with E-state index in [2.05, 4.69) is 48.3 Å². The molecule has 0 bridgehead atoms. The zero-order valence-electron chi connectivity index (χ0n) is 12.7. The summed E-state index contributed by atoms with van der Waals surface area (Å²) in [6.45, 7) is 10.3. The van der Waals surface area contributed by atoms with Crippen molar-refractivity contribution in [2.45, 2.75) is 47.1 Å². The van der Waals surface area contributed by atoms with Crippen molar-refractivity contribution in [1.82, 2.24) is 15.6 Å². The molecule has 1 rings (SSSR count). The molecule has 0 fully saturated rings. The largest absolute Gasteiger partial charge is 0.356 e. The van der Waals surface area contributed by atoms with Gasteiger partial charge in [0.25, 0.3) is 0 Å². The van der Waals surface area contributed by atoms with Crippen LogP contribution in [0, 0.1) is 19.8 Å². The molecule has 0 saturated heterocycles. The lowest BCUT2D eigenvalue weighted by Gasteiger charge is -2.16. The Morgan fingerprint density at radius 3 is 2.42 bits per heavy atom. The molecule has 1 aromatic rings. The van der Waals surface area contributed by atoms with Gasteiger partial charge in [0.2, 0.25) is 0 Å². The summed E-state index contributed by atoms with van der Waals surface area (Å²) in [5, 5.41) is 7.81. The Hall–Kier alpha value is -1.10. The van der Waals surface area contributed by atoms with Crippen LogP contribution in [0.5, 0.6) is 0 Å². The van der Waals surface area contributed by atoms with Crippen molar-refractivity contribution in [2.24, 2.45) is 10.9 Å². The van der Waals surface area contributed by atoms with E-state index in [0.29, 0.717) is 5.92 Å². The van der Waals surface area contributed by atoms with Crippen LogP contribution in [0.2, 0.25) is 0 Å². The van der Waals surface area contributed by atoms with E-state index in [4.69, 9.17) is 0 Å². The van der Waals surface area contributed by atoms with Gasteiger partial charge in [-0.25, -0.2) is 4.98 Å². The Morgan fingerprint density at radius 1 is 1.26 bits per heavy atom. The third kappa shape index (κ3) is 5.19. The number of thiazole rings is 1. The summed E-state index contributed by atoms with van der Waals surface area (Å²) >= 11 is 1.74. The van der Waals surface area contributed by atoms with Crippen LogP contribution >= 0.6 is 11.3 Å². The minimum atomic E-state index is 0.711. The van der Waals surface area contributed by atoms with Crippen LogP contribution < -0.4 is 10.6 Å². The van der Waals surface area contributed by atoms with Crippen LogP contribution in [0.4, 0.5) is 0 Å². The highest BCUT2D eigenvalue weighted by Crippen LogP contribution is 2.15. The van der Waals surface area contributed by atoms with Crippen molar-refractivity contribution in [2.75, 3.05) is 13.6 Å². The van der Waals surface area contributed by atoms with Gasteiger partial charge in [-0.1, -0.05) is 26.7 Å². The average molecular weight is 282 g/mol. The normalized spacial score (nSPS) is 12.0. The van der Waals surface area contributed by atoms with Crippen molar-refractivity contribution in [3.05, 3.63) is 15.6 Å². The van der Waals surface area contributed by atoms with E-state index >= 15 is 0 Å². The van der Waals surface area contributed by atoms with Gasteiger partial charge >= 0.3 is 0 Å². The minimum Gasteiger partial charge on any atom is -0.356 e. The lowest BCUT2D eigenvalue weighted by Crippen LogP contribution is -2.39. The molecule has 2 N–H and O–H groups in total. The van der Waals surface area contributed by atoms with E-state index in [-0.39, 0.29) is 0 Å². The first-order chi connectivity index (χ1) is 9.10. The molecule has 1 heterocycles. The highest BCUT2D eigenvalue weighted by molar-refractivity contribution is 7.11. The van der Waals surface area contributed by atoms with Crippen molar-refractivity contribution in [3.63, 3.8) is 0 Å². The third-order valence-electron chi connectivity index (χ3n) is 3.42. The molecule has 0 amide bonds. The van der Waals surface area contributed by atoms with Gasteiger partial charge in [-0.15, -0.1) is 11.3 Å². The summed E-state index contributed by atoms with van der Waals surface area (Å²) in [5.41, 5.74) is 1.13. The summed E-state index contributed by atoms with van der Waals surface area (Å²) in [7, 11) is 1.81. The number of aliphatic imine (C=N–C) groups is 1. The molecule has 0 aromatic carbocycles. The van der Waals surface area contributed by atoms with Crippen molar-refractivity contribution < 1.29 is 0 Å². The predicted molar refractivity (Wildman–Crippen MR) is 83.9 cm³/mol. The Balaban J connectivity index is 2.41. The molecule has 0 aliphatic heterocycles. The molecule has 5 heteroatoms. The van der Waals surface area contributed by atoms with Gasteiger partial charge < -0.3 is 10.6 Å². The smallest absolute Gasteiger partial charge is 0.191 e. The zero-order chi connectivity index (χ0) is 14.3. The molecule has 0 spiro atoms. The molecule has 0 radical (unpaired) electrons. The third-order valence-corrected chi connectivity index (χ3v) is 4.49. The summed E-state index contributed by atoms with van der Waals surface area (Å²) in [4.78, 5) is 10.1. The second kappa shape index (κ2) is 8.15. The molecule has 0 aliphatic carbocycles. The van der Waals surface area contributed by atoms with Gasteiger partial charge in [-0.05, 0) is 19.8 Å². The van der Waals surface area contributed by atoms with Gasteiger partial charge in [-0.2, -0.15) is 0 Å². The highest BCUT2D eigenvalue weighted by Gasteiger charge is 2.07. The molecular formula is C14H26N4S. The van der Waals surface area contributed by atoms with Gasteiger partial charge in [0.15, 0.2) is 5.96 Å². The van der Waals surface area contributed by atoms with E-state index in [9.17, 15) is 0 Å². The van der Waals surface area contributed by atoms with Gasteiger partial charge in [-0.3, -0.25) is 4.99 Å². The predicted octanol–water partition coefficient (Wildman–Crippen LogP) is 2.86.